The molecule has 2 unspecified atom stereocenters. The van der Waals surface area contributed by atoms with E-state index in [0.717, 1.165) is 35.6 Å². The summed E-state index contributed by atoms with van der Waals surface area (Å²) >= 11 is 8.16. The summed E-state index contributed by atoms with van der Waals surface area (Å²) in [6, 6.07) is 2.56. The van der Waals surface area contributed by atoms with Crippen LogP contribution in [-0.2, 0) is 36.9 Å². The lowest BCUT2D eigenvalue weighted by molar-refractivity contribution is -0.160. The molecule has 2 aliphatic heterocycles. The van der Waals surface area contributed by atoms with E-state index in [0.29, 0.717) is 22.8 Å². The molecule has 9 nitrogen and oxygen atoms in total. The molecule has 1 fully saturated rings. The third-order valence-electron chi connectivity index (χ3n) is 4.78. The molecule has 2 atom stereocenters. The van der Waals surface area contributed by atoms with Gasteiger partial charge in [-0.25, -0.2) is 14.1 Å². The first kappa shape index (κ1) is 23.0. The van der Waals surface area contributed by atoms with Crippen LogP contribution in [0.1, 0.15) is 13.3 Å². The van der Waals surface area contributed by atoms with Crippen molar-refractivity contribution in [3.63, 3.8) is 0 Å². The van der Waals surface area contributed by atoms with E-state index < -0.39 is 30.0 Å². The van der Waals surface area contributed by atoms with Gasteiger partial charge in [0.25, 0.3) is 0 Å². The zero-order chi connectivity index (χ0) is 22.8. The molecule has 32 heavy (non-hydrogen) atoms. The van der Waals surface area contributed by atoms with Crippen LogP contribution in [0.5, 0.6) is 0 Å². The maximum atomic E-state index is 14.5. The van der Waals surface area contributed by atoms with Gasteiger partial charge in [-0.1, -0.05) is 11.6 Å². The van der Waals surface area contributed by atoms with Crippen molar-refractivity contribution in [1.82, 2.24) is 9.36 Å². The molecule has 172 valence electrons. The SMILES string of the molecule is CC(=O)OC1COCC1OC(=O)CSc1cc(/N=c2/sc(=O)n3n2CCC3)c(F)cc1Cl. The van der Waals surface area contributed by atoms with Gasteiger partial charge in [-0.2, -0.15) is 0 Å². The van der Waals surface area contributed by atoms with Gasteiger partial charge in [0.2, 0.25) is 4.80 Å². The molecule has 2 aliphatic rings. The summed E-state index contributed by atoms with van der Waals surface area (Å²) in [6.45, 7) is 2.82. The van der Waals surface area contributed by atoms with Gasteiger partial charge in [-0.05, 0) is 29.9 Å². The predicted octanol–water partition coefficient (Wildman–Crippen LogP) is 2.11. The fourth-order valence-electron chi connectivity index (χ4n) is 3.37. The van der Waals surface area contributed by atoms with E-state index in [1.165, 1.54) is 13.0 Å². The highest BCUT2D eigenvalue weighted by Crippen LogP contribution is 2.33. The van der Waals surface area contributed by atoms with Crippen LogP contribution in [-0.4, -0.2) is 52.5 Å². The molecule has 0 amide bonds. The normalized spacial score (nSPS) is 20.4. The highest BCUT2D eigenvalue weighted by Gasteiger charge is 2.34. The molecule has 1 aromatic carbocycles. The first-order chi connectivity index (χ1) is 15.3. The molecule has 0 bridgehead atoms. The number of rotatable bonds is 6. The first-order valence-corrected chi connectivity index (χ1v) is 11.9. The van der Waals surface area contributed by atoms with Gasteiger partial charge in [0.15, 0.2) is 12.2 Å². The minimum atomic E-state index is -0.682. The van der Waals surface area contributed by atoms with Crippen LogP contribution in [0.4, 0.5) is 10.1 Å². The Kier molecular flexibility index (Phi) is 7.03. The van der Waals surface area contributed by atoms with Gasteiger partial charge in [0, 0.05) is 24.9 Å². The maximum Gasteiger partial charge on any atom is 0.325 e. The summed E-state index contributed by atoms with van der Waals surface area (Å²) in [5.74, 6) is -1.77. The number of ether oxygens (including phenoxy) is 3. The van der Waals surface area contributed by atoms with Crippen molar-refractivity contribution < 1.29 is 28.2 Å². The number of aromatic nitrogens is 2. The van der Waals surface area contributed by atoms with Gasteiger partial charge in [0.05, 0.1) is 24.0 Å². The number of fused-ring (bicyclic) bond motifs is 1. The average molecular weight is 504 g/mol. The summed E-state index contributed by atoms with van der Waals surface area (Å²) < 4.78 is 33.4. The number of thioether (sulfide) groups is 1. The maximum absolute atomic E-state index is 14.5. The minimum absolute atomic E-state index is 0.0217. The highest BCUT2D eigenvalue weighted by atomic mass is 35.5. The Bertz CT molecular complexity index is 1180. The third-order valence-corrected chi connectivity index (χ3v) is 7.11. The second kappa shape index (κ2) is 9.77. The number of carbonyl (C=O) groups excluding carboxylic acids is 2. The van der Waals surface area contributed by atoms with Gasteiger partial charge < -0.3 is 14.2 Å². The van der Waals surface area contributed by atoms with Crippen molar-refractivity contribution >= 4 is 52.3 Å². The smallest absolute Gasteiger partial charge is 0.325 e. The van der Waals surface area contributed by atoms with Crippen LogP contribution in [0, 0.1) is 5.82 Å². The fourth-order valence-corrected chi connectivity index (χ4v) is 5.31. The van der Waals surface area contributed by atoms with E-state index in [9.17, 15) is 18.8 Å². The third kappa shape index (κ3) is 5.08. The lowest BCUT2D eigenvalue weighted by atomic mass is 10.2. The van der Waals surface area contributed by atoms with Crippen LogP contribution in [0.2, 0.25) is 5.02 Å². The molecular weight excluding hydrogens is 485 g/mol. The van der Waals surface area contributed by atoms with Gasteiger partial charge in [-0.15, -0.1) is 11.8 Å². The largest absolute Gasteiger partial charge is 0.456 e. The summed E-state index contributed by atoms with van der Waals surface area (Å²) in [6.07, 6.45) is -0.504. The van der Waals surface area contributed by atoms with Crippen molar-refractivity contribution in [3.8, 4) is 0 Å². The number of hydrogen-bond acceptors (Lipinski definition) is 9. The zero-order valence-corrected chi connectivity index (χ0v) is 19.3. The molecule has 0 N–H and O–H groups in total. The van der Waals surface area contributed by atoms with E-state index in [1.807, 2.05) is 0 Å². The zero-order valence-electron chi connectivity index (χ0n) is 16.9. The molecule has 3 heterocycles. The molecule has 0 radical (unpaired) electrons. The standard InChI is InChI=1S/C19H19ClFN3O6S2/c1-10(25)29-14-7-28-8-15(14)30-17(26)9-31-16-6-13(12(21)5-11(16)20)22-18-23-3-2-4-24(23)19(27)32-18/h5-6,14-15H,2-4,7-9H2,1H3/b22-18+. The number of carbonyl (C=O) groups is 2. The molecule has 2 aromatic rings. The quantitative estimate of drug-likeness (QED) is 0.439. The lowest BCUT2D eigenvalue weighted by Crippen LogP contribution is -2.33. The van der Waals surface area contributed by atoms with E-state index in [-0.39, 0.29) is 34.5 Å². The van der Waals surface area contributed by atoms with Crippen molar-refractivity contribution in [1.29, 1.82) is 0 Å². The second-order valence-electron chi connectivity index (χ2n) is 7.10. The number of esters is 2. The lowest BCUT2D eigenvalue weighted by Gasteiger charge is -2.17. The first-order valence-electron chi connectivity index (χ1n) is 9.73. The minimum Gasteiger partial charge on any atom is -0.456 e. The molecule has 0 saturated carbocycles. The van der Waals surface area contributed by atoms with E-state index in [2.05, 4.69) is 4.99 Å². The Labute approximate surface area is 194 Å². The predicted molar refractivity (Wildman–Crippen MR) is 115 cm³/mol. The average Bonchev–Trinajstić information content (AvgIpc) is 3.43. The molecule has 4 rings (SSSR count). The van der Waals surface area contributed by atoms with E-state index in [4.69, 9.17) is 25.8 Å². The van der Waals surface area contributed by atoms with Crippen LogP contribution >= 0.6 is 34.7 Å². The Hall–Kier alpha value is -2.15. The molecule has 13 heteroatoms. The van der Waals surface area contributed by atoms with Crippen molar-refractivity contribution in [2.24, 2.45) is 4.99 Å². The van der Waals surface area contributed by atoms with E-state index >= 15 is 0 Å². The summed E-state index contributed by atoms with van der Waals surface area (Å²) in [5, 5.41) is 0.129. The van der Waals surface area contributed by atoms with Crippen LogP contribution in [0.25, 0.3) is 0 Å². The van der Waals surface area contributed by atoms with Crippen LogP contribution in [0.3, 0.4) is 0 Å². The highest BCUT2D eigenvalue weighted by molar-refractivity contribution is 8.00. The molecule has 1 saturated heterocycles. The van der Waals surface area contributed by atoms with E-state index in [1.54, 1.807) is 9.36 Å². The molecule has 0 aliphatic carbocycles. The fraction of sp³-hybridized carbons (Fsp3) is 0.474. The summed E-state index contributed by atoms with van der Waals surface area (Å²) in [7, 11) is 0. The van der Waals surface area contributed by atoms with Crippen molar-refractivity contribution in [3.05, 3.63) is 37.4 Å². The summed E-state index contributed by atoms with van der Waals surface area (Å²) in [4.78, 5) is 40.4. The van der Waals surface area contributed by atoms with Crippen molar-refractivity contribution in [2.45, 2.75) is 43.5 Å². The van der Waals surface area contributed by atoms with Gasteiger partial charge in [-0.3, -0.25) is 19.1 Å². The van der Waals surface area contributed by atoms with Gasteiger partial charge >= 0.3 is 16.8 Å². The second-order valence-corrected chi connectivity index (χ2v) is 9.44. The summed E-state index contributed by atoms with van der Waals surface area (Å²) in [5.41, 5.74) is 0.0217. The van der Waals surface area contributed by atoms with Crippen molar-refractivity contribution in [2.75, 3.05) is 19.0 Å². The Balaban J connectivity index is 1.46. The Morgan fingerprint density at radius 3 is 2.75 bits per heavy atom. The number of hydrogen-bond donors (Lipinski definition) is 0. The molecule has 1 aromatic heterocycles. The molecular formula is C19H19ClFN3O6S2. The molecule has 0 spiro atoms. The van der Waals surface area contributed by atoms with Crippen LogP contribution < -0.4 is 9.67 Å². The monoisotopic (exact) mass is 503 g/mol. The topological polar surface area (TPSA) is 101 Å². The Morgan fingerprint density at radius 1 is 1.28 bits per heavy atom. The number of halogens is 2. The van der Waals surface area contributed by atoms with Gasteiger partial charge in [0.1, 0.15) is 11.5 Å². The Morgan fingerprint density at radius 2 is 2.00 bits per heavy atom. The van der Waals surface area contributed by atoms with Crippen LogP contribution in [0.15, 0.2) is 26.8 Å². The number of nitrogens with zero attached hydrogens (tertiary/aromatic N) is 3. The number of benzene rings is 1.